The van der Waals surface area contributed by atoms with Gasteiger partial charge in [-0.1, -0.05) is 189 Å². The van der Waals surface area contributed by atoms with Crippen molar-refractivity contribution in [3.05, 3.63) is 188 Å². The third-order valence-corrected chi connectivity index (χ3v) is 13.3. The summed E-state index contributed by atoms with van der Waals surface area (Å²) in [6, 6.07) is 60.7. The summed E-state index contributed by atoms with van der Waals surface area (Å²) in [5.74, 6) is 0.0646. The molecule has 3 aromatic heterocycles. The summed E-state index contributed by atoms with van der Waals surface area (Å²) in [5, 5.41) is 3.46. The summed E-state index contributed by atoms with van der Waals surface area (Å²) in [6.45, 7) is 7.02. The van der Waals surface area contributed by atoms with Gasteiger partial charge in [0.2, 0.25) is 0 Å². The van der Waals surface area contributed by atoms with E-state index in [1.165, 1.54) is 27.4 Å². The fourth-order valence-corrected chi connectivity index (χ4v) is 9.12. The van der Waals surface area contributed by atoms with E-state index in [2.05, 4.69) is 140 Å². The van der Waals surface area contributed by atoms with E-state index in [-0.39, 0.29) is 26.0 Å². The average molecular weight is 975 g/mol. The van der Waals surface area contributed by atoms with Crippen LogP contribution >= 0.6 is 0 Å². The second kappa shape index (κ2) is 18.3. The van der Waals surface area contributed by atoms with Gasteiger partial charge in [0.25, 0.3) is 0 Å². The largest absolute Gasteiger partial charge is 0.477 e. The number of rotatable bonds is 8. The molecule has 0 unspecified atom stereocenters. The number of nitrogens with zero attached hydrogens (tertiary/aromatic N) is 2. The van der Waals surface area contributed by atoms with Crippen molar-refractivity contribution in [2.45, 2.75) is 51.7 Å². The molecule has 0 N–H and O–H groups in total. The first kappa shape index (κ1) is 38.5. The normalized spacial score (nSPS) is 13.6. The Bertz CT molecular complexity index is 2920. The van der Waals surface area contributed by atoms with E-state index < -0.39 is 14.4 Å². The van der Waals surface area contributed by atoms with E-state index in [1.807, 2.05) is 60.8 Å². The number of furan rings is 1. The Labute approximate surface area is 371 Å². The molecule has 0 atom stereocenters. The number of pyridine rings is 2. The molecule has 10 rings (SSSR count). The topological polar surface area (TPSA) is 38.9 Å². The molecule has 1 aliphatic carbocycles. The van der Waals surface area contributed by atoms with Crippen LogP contribution in [0.1, 0.15) is 34.0 Å². The molecule has 9 aromatic rings. The van der Waals surface area contributed by atoms with E-state index in [0.29, 0.717) is 16.8 Å². The molecule has 3 nitrogen and oxygen atoms in total. The summed E-state index contributed by atoms with van der Waals surface area (Å²) in [5.41, 5.74) is 12.8. The molecular formula is C55H48IrN2OSi-2. The maximum absolute atomic E-state index is 8.81. The van der Waals surface area contributed by atoms with Gasteiger partial charge in [0.15, 0.2) is 0 Å². The molecule has 299 valence electrons. The van der Waals surface area contributed by atoms with Crippen LogP contribution in [0.3, 0.4) is 0 Å². The van der Waals surface area contributed by atoms with Crippen LogP contribution in [0.2, 0.25) is 19.6 Å². The van der Waals surface area contributed by atoms with Gasteiger partial charge in [-0.2, -0.15) is 0 Å². The van der Waals surface area contributed by atoms with E-state index >= 15 is 0 Å². The van der Waals surface area contributed by atoms with Crippen LogP contribution in [0.5, 0.6) is 0 Å². The Morgan fingerprint density at radius 2 is 1.35 bits per heavy atom. The molecule has 0 bridgehead atoms. The van der Waals surface area contributed by atoms with Crippen molar-refractivity contribution in [1.29, 1.82) is 0 Å². The van der Waals surface area contributed by atoms with Crippen molar-refractivity contribution in [2.75, 3.05) is 0 Å². The number of aromatic nitrogens is 2. The minimum absolute atomic E-state index is 0. The SMILES string of the molecule is C[Si](C)(C)c1ccc(-c2[c-]cccc2-c2ccccc2)nc1.[2H]C([2H])(c1ccnc(-c2[c-]c3oc4cccc(-c5ccc(-c6ccccc6)cc5)c4c3cc2)c1)C1CCCC1.[Ir]. The minimum atomic E-state index is -1.36. The van der Waals surface area contributed by atoms with Crippen LogP contribution < -0.4 is 5.19 Å². The third kappa shape index (κ3) is 9.05. The van der Waals surface area contributed by atoms with Crippen LogP contribution in [0.25, 0.3) is 77.8 Å². The smallest absolute Gasteiger partial charge is 0.124 e. The first-order valence-electron chi connectivity index (χ1n) is 21.7. The van der Waals surface area contributed by atoms with Crippen LogP contribution in [-0.4, -0.2) is 18.0 Å². The molecule has 0 amide bonds. The molecule has 1 fully saturated rings. The van der Waals surface area contributed by atoms with Gasteiger partial charge >= 0.3 is 0 Å². The summed E-state index contributed by atoms with van der Waals surface area (Å²) >= 11 is 0. The Morgan fingerprint density at radius 1 is 0.667 bits per heavy atom. The van der Waals surface area contributed by atoms with Gasteiger partial charge in [0.1, 0.15) is 5.58 Å². The van der Waals surface area contributed by atoms with Crippen molar-refractivity contribution in [3.63, 3.8) is 0 Å². The molecule has 6 aromatic carbocycles. The zero-order valence-electron chi connectivity index (χ0n) is 36.2. The summed E-state index contributed by atoms with van der Waals surface area (Å²) in [4.78, 5) is 9.27. The zero-order valence-corrected chi connectivity index (χ0v) is 37.6. The number of benzene rings is 6. The number of hydrogen-bond acceptors (Lipinski definition) is 3. The van der Waals surface area contributed by atoms with Gasteiger partial charge in [-0.3, -0.25) is 0 Å². The Balaban J connectivity index is 0.000000196. The van der Waals surface area contributed by atoms with Crippen molar-refractivity contribution in [2.24, 2.45) is 5.92 Å². The first-order valence-corrected chi connectivity index (χ1v) is 24.2. The van der Waals surface area contributed by atoms with Crippen LogP contribution in [0.4, 0.5) is 0 Å². The molecule has 0 saturated heterocycles. The molecule has 0 spiro atoms. The number of hydrogen-bond donors (Lipinski definition) is 0. The molecule has 1 radical (unpaired) electrons. The van der Waals surface area contributed by atoms with Crippen LogP contribution in [0.15, 0.2) is 175 Å². The van der Waals surface area contributed by atoms with Gasteiger partial charge in [-0.15, -0.1) is 47.5 Å². The quantitative estimate of drug-likeness (QED) is 0.112. The predicted octanol–water partition coefficient (Wildman–Crippen LogP) is 14.3. The molecule has 60 heavy (non-hydrogen) atoms. The Hall–Kier alpha value is -5.71. The number of fused-ring (bicyclic) bond motifs is 3. The van der Waals surface area contributed by atoms with E-state index in [9.17, 15) is 0 Å². The fourth-order valence-electron chi connectivity index (χ4n) is 8.08. The predicted molar refractivity (Wildman–Crippen MR) is 249 cm³/mol. The zero-order chi connectivity index (χ0) is 42.0. The van der Waals surface area contributed by atoms with Gasteiger partial charge in [-0.25, -0.2) is 0 Å². The molecule has 1 aliphatic rings. The average Bonchev–Trinajstić information content (AvgIpc) is 3.99. The van der Waals surface area contributed by atoms with Crippen molar-refractivity contribution in [3.8, 4) is 55.9 Å². The Kier molecular flexibility index (Phi) is 11.7. The molecule has 3 heterocycles. The maximum Gasteiger partial charge on any atom is 0.124 e. The second-order valence-corrected chi connectivity index (χ2v) is 21.5. The van der Waals surface area contributed by atoms with Crippen LogP contribution in [0, 0.1) is 18.1 Å². The molecular weight excluding hydrogens is 925 g/mol. The maximum atomic E-state index is 8.81. The first-order chi connectivity index (χ1) is 29.6. The van der Waals surface area contributed by atoms with Gasteiger partial charge in [0.05, 0.1) is 13.7 Å². The fraction of sp³-hybridized carbons (Fsp3) is 0.164. The van der Waals surface area contributed by atoms with Crippen molar-refractivity contribution >= 4 is 35.2 Å². The van der Waals surface area contributed by atoms with Gasteiger partial charge in [0, 0.05) is 35.2 Å². The monoisotopic (exact) mass is 975 g/mol. The Morgan fingerprint density at radius 3 is 2.07 bits per heavy atom. The summed E-state index contributed by atoms with van der Waals surface area (Å²) < 4.78 is 23.9. The standard InChI is InChI=1S/C35H28NO.C20H20NSi.Ir/c1-2-9-26(10-3-1)27-13-15-28(16-14-27)30-11-6-12-33-35(30)31-18-17-29(23-34(31)37-33)32-22-25(19-20-36-32)21-24-7-4-5-8-24;1-22(2,3)17-13-14-20(21-15-17)19-12-8-7-11-18(19)16-9-5-4-6-10-16;/h1-3,6,9-20,22,24H,4-5,7-8,21H2;4-11,13-15H,1-3H3;/q2*-1;/i21D2;;. The van der Waals surface area contributed by atoms with Gasteiger partial charge < -0.3 is 14.4 Å². The molecule has 1 saturated carbocycles. The molecule has 5 heteroatoms. The second-order valence-electron chi connectivity index (χ2n) is 16.4. The van der Waals surface area contributed by atoms with Crippen molar-refractivity contribution in [1.82, 2.24) is 9.97 Å². The van der Waals surface area contributed by atoms with E-state index in [1.54, 1.807) is 6.20 Å². The summed E-state index contributed by atoms with van der Waals surface area (Å²) in [6.07, 6.45) is 6.50. The van der Waals surface area contributed by atoms with E-state index in [4.69, 9.17) is 12.1 Å². The third-order valence-electron chi connectivity index (χ3n) is 11.3. The minimum Gasteiger partial charge on any atom is -0.477 e. The molecule has 0 aliphatic heterocycles. The van der Waals surface area contributed by atoms with Crippen LogP contribution in [-0.2, 0) is 26.5 Å². The summed E-state index contributed by atoms with van der Waals surface area (Å²) in [7, 11) is -1.31. The van der Waals surface area contributed by atoms with Gasteiger partial charge in [-0.05, 0) is 68.6 Å². The van der Waals surface area contributed by atoms with Crippen molar-refractivity contribution < 1.29 is 27.3 Å². The van der Waals surface area contributed by atoms with E-state index in [0.717, 1.165) is 70.0 Å².